The highest BCUT2D eigenvalue weighted by Gasteiger charge is 2.30. The lowest BCUT2D eigenvalue weighted by Gasteiger charge is -2.24. The van der Waals surface area contributed by atoms with Gasteiger partial charge in [-0.2, -0.15) is 11.8 Å². The molecular formula is C17H30N6O7S. The van der Waals surface area contributed by atoms with E-state index in [0.717, 1.165) is 0 Å². The van der Waals surface area contributed by atoms with Gasteiger partial charge in [-0.1, -0.05) is 0 Å². The average Bonchev–Trinajstić information content (AvgIpc) is 2.66. The molecule has 176 valence electrons. The maximum atomic E-state index is 12.6. The van der Waals surface area contributed by atoms with Crippen molar-refractivity contribution in [2.45, 2.75) is 56.8 Å². The number of carboxylic acid groups (broad SMARTS) is 1. The molecule has 4 atom stereocenters. The first-order valence-corrected chi connectivity index (χ1v) is 10.7. The molecule has 0 aromatic carbocycles. The van der Waals surface area contributed by atoms with Crippen LogP contribution in [0.2, 0.25) is 0 Å². The highest BCUT2D eigenvalue weighted by molar-refractivity contribution is 7.98. The number of hydrogen-bond donors (Lipinski definition) is 7. The maximum absolute atomic E-state index is 12.6. The van der Waals surface area contributed by atoms with Crippen molar-refractivity contribution in [3.63, 3.8) is 0 Å². The van der Waals surface area contributed by atoms with Gasteiger partial charge in [0, 0.05) is 6.42 Å². The molecule has 0 aliphatic rings. The highest BCUT2D eigenvalue weighted by atomic mass is 32.2. The average molecular weight is 463 g/mol. The molecule has 5 amide bonds. The van der Waals surface area contributed by atoms with Gasteiger partial charge in [0.25, 0.3) is 0 Å². The van der Waals surface area contributed by atoms with Crippen LogP contribution < -0.4 is 33.2 Å². The summed E-state index contributed by atoms with van der Waals surface area (Å²) in [6.07, 6.45) is 0.830. The van der Waals surface area contributed by atoms with E-state index in [1.54, 1.807) is 6.26 Å². The van der Waals surface area contributed by atoms with Gasteiger partial charge in [-0.05, 0) is 31.8 Å². The van der Waals surface area contributed by atoms with Crippen molar-refractivity contribution >= 4 is 47.3 Å². The smallest absolute Gasteiger partial charge is 0.326 e. The summed E-state index contributed by atoms with van der Waals surface area (Å²) >= 11 is 1.38. The summed E-state index contributed by atoms with van der Waals surface area (Å²) in [4.78, 5) is 70.8. The molecule has 0 spiro atoms. The van der Waals surface area contributed by atoms with Crippen LogP contribution in [0.25, 0.3) is 0 Å². The number of hydrogen-bond acceptors (Lipinski definition) is 8. The second kappa shape index (κ2) is 14.2. The second-order valence-corrected chi connectivity index (χ2v) is 7.75. The van der Waals surface area contributed by atoms with E-state index in [2.05, 4.69) is 16.0 Å². The number of amides is 5. The van der Waals surface area contributed by atoms with Crippen LogP contribution in [0.4, 0.5) is 0 Å². The van der Waals surface area contributed by atoms with E-state index in [9.17, 15) is 33.9 Å². The first kappa shape index (κ1) is 28.1. The van der Waals surface area contributed by atoms with E-state index in [1.807, 2.05) is 0 Å². The fourth-order valence-corrected chi connectivity index (χ4v) is 2.78. The fourth-order valence-electron chi connectivity index (χ4n) is 2.31. The Bertz CT molecular complexity index is 688. The predicted molar refractivity (Wildman–Crippen MR) is 112 cm³/mol. The summed E-state index contributed by atoms with van der Waals surface area (Å²) in [5.74, 6) is -5.01. The van der Waals surface area contributed by atoms with Crippen molar-refractivity contribution in [1.29, 1.82) is 0 Å². The van der Waals surface area contributed by atoms with Gasteiger partial charge >= 0.3 is 5.97 Å². The molecule has 0 aliphatic carbocycles. The Labute approximate surface area is 183 Å². The molecular weight excluding hydrogens is 432 g/mol. The standard InChI is InChI=1S/C17H30N6O7S/c1-8(18)14(26)21-9(3-4-12(19)24)15(27)23-11(7-13(20)25)16(28)22-10(17(29)30)5-6-31-2/h8-11H,3-7,18H2,1-2H3,(H2,19,24)(H2,20,25)(H,21,26)(H,22,28)(H,23,27)(H,29,30). The van der Waals surface area contributed by atoms with Crippen LogP contribution in [0.3, 0.4) is 0 Å². The molecule has 31 heavy (non-hydrogen) atoms. The Morgan fingerprint density at radius 3 is 1.81 bits per heavy atom. The molecule has 0 radical (unpaired) electrons. The van der Waals surface area contributed by atoms with Gasteiger partial charge < -0.3 is 38.3 Å². The van der Waals surface area contributed by atoms with Crippen molar-refractivity contribution < 1.29 is 33.9 Å². The largest absolute Gasteiger partial charge is 0.480 e. The van der Waals surface area contributed by atoms with Crippen LogP contribution in [0.5, 0.6) is 0 Å². The van der Waals surface area contributed by atoms with Crippen LogP contribution >= 0.6 is 11.8 Å². The second-order valence-electron chi connectivity index (χ2n) is 6.77. The topological polar surface area (TPSA) is 237 Å². The van der Waals surface area contributed by atoms with Gasteiger partial charge in [0.1, 0.15) is 18.1 Å². The van der Waals surface area contributed by atoms with Gasteiger partial charge in [-0.15, -0.1) is 0 Å². The van der Waals surface area contributed by atoms with E-state index in [4.69, 9.17) is 17.2 Å². The number of carbonyl (C=O) groups is 6. The normalized spacial score (nSPS) is 14.4. The van der Waals surface area contributed by atoms with Crippen LogP contribution in [0, 0.1) is 0 Å². The molecule has 0 aromatic heterocycles. The monoisotopic (exact) mass is 462 g/mol. The predicted octanol–water partition coefficient (Wildman–Crippen LogP) is -3.23. The van der Waals surface area contributed by atoms with Crippen molar-refractivity contribution in [3.8, 4) is 0 Å². The lowest BCUT2D eigenvalue weighted by Crippen LogP contribution is -2.57. The molecule has 4 unspecified atom stereocenters. The summed E-state index contributed by atoms with van der Waals surface area (Å²) < 4.78 is 0. The van der Waals surface area contributed by atoms with Crippen molar-refractivity contribution in [2.75, 3.05) is 12.0 Å². The molecule has 0 saturated carbocycles. The number of rotatable bonds is 15. The minimum absolute atomic E-state index is 0.116. The van der Waals surface area contributed by atoms with E-state index in [0.29, 0.717) is 5.75 Å². The molecule has 13 nitrogen and oxygen atoms in total. The van der Waals surface area contributed by atoms with Gasteiger partial charge in [0.15, 0.2) is 0 Å². The first-order chi connectivity index (χ1) is 14.4. The van der Waals surface area contributed by atoms with Crippen molar-refractivity contribution in [3.05, 3.63) is 0 Å². The van der Waals surface area contributed by atoms with E-state index >= 15 is 0 Å². The lowest BCUT2D eigenvalue weighted by atomic mass is 10.1. The highest BCUT2D eigenvalue weighted by Crippen LogP contribution is 2.04. The summed E-state index contributed by atoms with van der Waals surface area (Å²) in [5, 5.41) is 16.1. The molecule has 14 heteroatoms. The molecule has 0 aromatic rings. The third-order valence-electron chi connectivity index (χ3n) is 3.99. The Balaban J connectivity index is 5.44. The van der Waals surface area contributed by atoms with Gasteiger partial charge in [0.05, 0.1) is 12.5 Å². The number of carboxylic acids is 1. The molecule has 10 N–H and O–H groups in total. The Hall–Kier alpha value is -2.87. The fraction of sp³-hybridized carbons (Fsp3) is 0.647. The SMILES string of the molecule is CSCCC(NC(=O)C(CC(N)=O)NC(=O)C(CCC(N)=O)NC(=O)C(C)N)C(=O)O. The number of primary amides is 2. The molecule has 0 bridgehead atoms. The zero-order chi connectivity index (χ0) is 24.1. The number of nitrogens with one attached hydrogen (secondary N) is 3. The third kappa shape index (κ3) is 11.8. The van der Waals surface area contributed by atoms with Crippen LogP contribution in [0.1, 0.15) is 32.6 Å². The Morgan fingerprint density at radius 2 is 1.35 bits per heavy atom. The molecule has 0 aliphatic heterocycles. The zero-order valence-corrected chi connectivity index (χ0v) is 18.2. The van der Waals surface area contributed by atoms with E-state index in [1.165, 1.54) is 18.7 Å². The summed E-state index contributed by atoms with van der Waals surface area (Å²) in [5.41, 5.74) is 15.7. The lowest BCUT2D eigenvalue weighted by molar-refractivity contribution is -0.142. The molecule has 0 heterocycles. The first-order valence-electron chi connectivity index (χ1n) is 9.34. The van der Waals surface area contributed by atoms with Crippen LogP contribution in [-0.4, -0.2) is 76.8 Å². The number of thioether (sulfide) groups is 1. The molecule has 0 fully saturated rings. The summed E-state index contributed by atoms with van der Waals surface area (Å²) in [7, 11) is 0. The number of aliphatic carboxylic acids is 1. The molecule has 0 rings (SSSR count). The van der Waals surface area contributed by atoms with Crippen LogP contribution in [0.15, 0.2) is 0 Å². The Morgan fingerprint density at radius 1 is 0.839 bits per heavy atom. The molecule has 0 saturated heterocycles. The van der Waals surface area contributed by atoms with Gasteiger partial charge in [-0.3, -0.25) is 24.0 Å². The quantitative estimate of drug-likeness (QED) is 0.129. The number of nitrogens with two attached hydrogens (primary N) is 3. The summed E-state index contributed by atoms with van der Waals surface area (Å²) in [6.45, 7) is 1.38. The third-order valence-corrected chi connectivity index (χ3v) is 4.63. The number of carbonyl (C=O) groups excluding carboxylic acids is 5. The minimum atomic E-state index is -1.50. The van der Waals surface area contributed by atoms with E-state index < -0.39 is 66.1 Å². The maximum Gasteiger partial charge on any atom is 0.326 e. The van der Waals surface area contributed by atoms with Gasteiger partial charge in [-0.25, -0.2) is 4.79 Å². The van der Waals surface area contributed by atoms with E-state index in [-0.39, 0.29) is 19.3 Å². The van der Waals surface area contributed by atoms with Crippen molar-refractivity contribution in [2.24, 2.45) is 17.2 Å². The van der Waals surface area contributed by atoms with Gasteiger partial charge in [0.2, 0.25) is 29.5 Å². The summed E-state index contributed by atoms with van der Waals surface area (Å²) in [6, 6.07) is -4.97. The van der Waals surface area contributed by atoms with Crippen molar-refractivity contribution in [1.82, 2.24) is 16.0 Å². The Kier molecular flexibility index (Phi) is 12.9. The van der Waals surface area contributed by atoms with Crippen LogP contribution in [-0.2, 0) is 28.8 Å². The minimum Gasteiger partial charge on any atom is -0.480 e. The zero-order valence-electron chi connectivity index (χ0n) is 17.4.